The van der Waals surface area contributed by atoms with Crippen LogP contribution in [0.4, 0.5) is 5.69 Å². The van der Waals surface area contributed by atoms with E-state index >= 15 is 0 Å². The molecule has 2 aromatic carbocycles. The minimum absolute atomic E-state index is 0.00923. The van der Waals surface area contributed by atoms with Crippen LogP contribution in [0.15, 0.2) is 42.5 Å². The lowest BCUT2D eigenvalue weighted by atomic mass is 10.1. The number of carbonyl (C=O) groups is 2. The Balaban J connectivity index is 1.83. The van der Waals surface area contributed by atoms with E-state index in [4.69, 9.17) is 16.3 Å². The van der Waals surface area contributed by atoms with Gasteiger partial charge >= 0.3 is 0 Å². The van der Waals surface area contributed by atoms with Gasteiger partial charge in [0.25, 0.3) is 0 Å². The van der Waals surface area contributed by atoms with Crippen LogP contribution in [0.5, 0.6) is 5.75 Å². The van der Waals surface area contributed by atoms with Crippen LogP contribution in [0.25, 0.3) is 0 Å². The molecule has 26 heavy (non-hydrogen) atoms. The van der Waals surface area contributed by atoms with Crippen molar-refractivity contribution in [3.63, 3.8) is 0 Å². The number of hydrogen-bond acceptors (Lipinski definition) is 3. The first-order chi connectivity index (χ1) is 12.4. The molecule has 0 aliphatic carbocycles. The minimum Gasteiger partial charge on any atom is -0.497 e. The Morgan fingerprint density at radius 1 is 1.19 bits per heavy atom. The monoisotopic (exact) mass is 374 g/mol. The lowest BCUT2D eigenvalue weighted by Crippen LogP contribution is -2.35. The number of nitrogens with zero attached hydrogens (tertiary/aromatic N) is 1. The molecule has 0 saturated carbocycles. The highest BCUT2D eigenvalue weighted by Gasteiger charge is 2.13. The van der Waals surface area contributed by atoms with Gasteiger partial charge in [0.15, 0.2) is 0 Å². The Morgan fingerprint density at radius 2 is 1.96 bits per heavy atom. The zero-order valence-corrected chi connectivity index (χ0v) is 16.0. The van der Waals surface area contributed by atoms with Crippen molar-refractivity contribution in [2.75, 3.05) is 26.0 Å². The standard InChI is InChI=1S/C20H23ClN2O3/c1-14-7-8-15(11-18(14)21)9-10-20(25)23(2)13-19(24)22-16-5-4-6-17(12-16)26-3/h4-8,11-12H,9-10,13H2,1-3H3,(H,22,24). The van der Waals surface area contributed by atoms with Crippen molar-refractivity contribution in [2.45, 2.75) is 19.8 Å². The van der Waals surface area contributed by atoms with Crippen molar-refractivity contribution >= 4 is 29.1 Å². The van der Waals surface area contributed by atoms with Crippen molar-refractivity contribution in [3.8, 4) is 5.75 Å². The number of nitrogens with one attached hydrogen (secondary N) is 1. The van der Waals surface area contributed by atoms with E-state index in [9.17, 15) is 9.59 Å². The zero-order valence-electron chi connectivity index (χ0n) is 15.2. The van der Waals surface area contributed by atoms with Crippen LogP contribution in [-0.2, 0) is 16.0 Å². The molecule has 0 aromatic heterocycles. The normalized spacial score (nSPS) is 10.3. The molecule has 0 aliphatic heterocycles. The van der Waals surface area contributed by atoms with Gasteiger partial charge in [-0.15, -0.1) is 0 Å². The molecule has 1 N–H and O–H groups in total. The zero-order chi connectivity index (χ0) is 19.1. The molecule has 0 heterocycles. The second kappa shape index (κ2) is 9.25. The first-order valence-electron chi connectivity index (χ1n) is 8.32. The maximum atomic E-state index is 12.2. The lowest BCUT2D eigenvalue weighted by Gasteiger charge is -2.17. The first-order valence-corrected chi connectivity index (χ1v) is 8.69. The highest BCUT2D eigenvalue weighted by Crippen LogP contribution is 2.18. The third kappa shape index (κ3) is 5.77. The number of rotatable bonds is 7. The van der Waals surface area contributed by atoms with Crippen LogP contribution in [-0.4, -0.2) is 37.4 Å². The number of hydrogen-bond donors (Lipinski definition) is 1. The predicted molar refractivity (Wildman–Crippen MR) is 104 cm³/mol. The smallest absolute Gasteiger partial charge is 0.243 e. The number of amides is 2. The van der Waals surface area contributed by atoms with Crippen molar-refractivity contribution in [1.29, 1.82) is 0 Å². The van der Waals surface area contributed by atoms with Gasteiger partial charge in [-0.25, -0.2) is 0 Å². The fraction of sp³-hybridized carbons (Fsp3) is 0.300. The third-order valence-electron chi connectivity index (χ3n) is 4.02. The van der Waals surface area contributed by atoms with Crippen LogP contribution >= 0.6 is 11.6 Å². The molecule has 2 amide bonds. The molecular formula is C20H23ClN2O3. The number of benzene rings is 2. The van der Waals surface area contributed by atoms with Crippen molar-refractivity contribution in [2.24, 2.45) is 0 Å². The predicted octanol–water partition coefficient (Wildman–Crippen LogP) is 3.69. The second-order valence-corrected chi connectivity index (χ2v) is 6.52. The summed E-state index contributed by atoms with van der Waals surface area (Å²) >= 11 is 6.10. The molecule has 0 spiro atoms. The number of carbonyl (C=O) groups excluding carboxylic acids is 2. The second-order valence-electron chi connectivity index (χ2n) is 6.11. The molecule has 0 atom stereocenters. The minimum atomic E-state index is -0.257. The van der Waals surface area contributed by atoms with E-state index in [0.717, 1.165) is 11.1 Å². The van der Waals surface area contributed by atoms with Gasteiger partial charge in [-0.1, -0.05) is 29.8 Å². The summed E-state index contributed by atoms with van der Waals surface area (Å²) in [6.45, 7) is 1.93. The van der Waals surface area contributed by atoms with Crippen LogP contribution in [0.1, 0.15) is 17.5 Å². The summed E-state index contributed by atoms with van der Waals surface area (Å²) in [5.74, 6) is 0.305. The van der Waals surface area contributed by atoms with Gasteiger partial charge in [-0.2, -0.15) is 0 Å². The van der Waals surface area contributed by atoms with Gasteiger partial charge in [0.1, 0.15) is 5.75 Å². The number of ether oxygens (including phenoxy) is 1. The summed E-state index contributed by atoms with van der Waals surface area (Å²) in [5.41, 5.74) is 2.64. The van der Waals surface area contributed by atoms with E-state index in [0.29, 0.717) is 29.3 Å². The van der Waals surface area contributed by atoms with E-state index in [1.165, 1.54) is 4.90 Å². The quantitative estimate of drug-likeness (QED) is 0.804. The molecule has 0 aliphatic rings. The van der Waals surface area contributed by atoms with Crippen LogP contribution < -0.4 is 10.1 Å². The largest absolute Gasteiger partial charge is 0.497 e. The summed E-state index contributed by atoms with van der Waals surface area (Å²) in [6.07, 6.45) is 0.906. The Bertz CT molecular complexity index is 792. The summed E-state index contributed by atoms with van der Waals surface area (Å²) in [6, 6.07) is 12.8. The van der Waals surface area contributed by atoms with Crippen molar-refractivity contribution < 1.29 is 14.3 Å². The maximum absolute atomic E-state index is 12.2. The first kappa shape index (κ1) is 19.8. The topological polar surface area (TPSA) is 58.6 Å². The SMILES string of the molecule is COc1cccc(NC(=O)CN(C)C(=O)CCc2ccc(C)c(Cl)c2)c1. The number of aryl methyl sites for hydroxylation is 2. The van der Waals surface area contributed by atoms with Gasteiger partial charge in [0.2, 0.25) is 11.8 Å². The van der Waals surface area contributed by atoms with E-state index < -0.39 is 0 Å². The van der Waals surface area contributed by atoms with Crippen LogP contribution in [0, 0.1) is 6.92 Å². The van der Waals surface area contributed by atoms with Gasteiger partial charge in [-0.05, 0) is 42.7 Å². The van der Waals surface area contributed by atoms with Gasteiger partial charge in [0, 0.05) is 30.2 Å². The van der Waals surface area contributed by atoms with Crippen molar-refractivity contribution in [1.82, 2.24) is 4.90 Å². The van der Waals surface area contributed by atoms with Gasteiger partial charge in [-0.3, -0.25) is 9.59 Å². The Hall–Kier alpha value is -2.53. The average molecular weight is 375 g/mol. The lowest BCUT2D eigenvalue weighted by molar-refractivity contribution is -0.133. The van der Waals surface area contributed by atoms with Crippen LogP contribution in [0.3, 0.4) is 0 Å². The number of halogens is 1. The fourth-order valence-electron chi connectivity index (χ4n) is 2.44. The van der Waals surface area contributed by atoms with E-state index in [-0.39, 0.29) is 18.4 Å². The molecule has 0 bridgehead atoms. The molecule has 0 saturated heterocycles. The Labute approximate surface area is 158 Å². The molecule has 2 rings (SSSR count). The molecule has 138 valence electrons. The molecule has 0 fully saturated rings. The number of anilines is 1. The van der Waals surface area contributed by atoms with E-state index in [2.05, 4.69) is 5.32 Å². The average Bonchev–Trinajstić information content (AvgIpc) is 2.62. The number of methoxy groups -OCH3 is 1. The summed E-state index contributed by atoms with van der Waals surface area (Å²) < 4.78 is 5.12. The molecular weight excluding hydrogens is 352 g/mol. The molecule has 0 unspecified atom stereocenters. The molecule has 2 aromatic rings. The van der Waals surface area contributed by atoms with Gasteiger partial charge < -0.3 is 15.0 Å². The Kier molecular flexibility index (Phi) is 7.04. The highest BCUT2D eigenvalue weighted by molar-refractivity contribution is 6.31. The van der Waals surface area contributed by atoms with Gasteiger partial charge in [0.05, 0.1) is 13.7 Å². The van der Waals surface area contributed by atoms with E-state index in [1.807, 2.05) is 25.1 Å². The third-order valence-corrected chi connectivity index (χ3v) is 4.43. The summed E-state index contributed by atoms with van der Waals surface area (Å²) in [4.78, 5) is 25.8. The van der Waals surface area contributed by atoms with E-state index in [1.54, 1.807) is 38.4 Å². The highest BCUT2D eigenvalue weighted by atomic mass is 35.5. The molecule has 5 nitrogen and oxygen atoms in total. The molecule has 0 radical (unpaired) electrons. The fourth-order valence-corrected chi connectivity index (χ4v) is 2.64. The summed E-state index contributed by atoms with van der Waals surface area (Å²) in [5, 5.41) is 3.45. The maximum Gasteiger partial charge on any atom is 0.243 e. The van der Waals surface area contributed by atoms with Crippen LogP contribution in [0.2, 0.25) is 5.02 Å². The van der Waals surface area contributed by atoms with Crippen molar-refractivity contribution in [3.05, 3.63) is 58.6 Å². The number of likely N-dealkylation sites (N-methyl/N-ethyl adjacent to an activating group) is 1. The molecule has 6 heteroatoms. The summed E-state index contributed by atoms with van der Waals surface area (Å²) in [7, 11) is 3.18. The Morgan fingerprint density at radius 3 is 2.65 bits per heavy atom.